The molecule has 1 aliphatic carbocycles. The molecule has 120 valence electrons. The Labute approximate surface area is 132 Å². The van der Waals surface area contributed by atoms with E-state index in [-0.39, 0.29) is 6.04 Å². The normalized spacial score (nSPS) is 21.2. The van der Waals surface area contributed by atoms with Gasteiger partial charge in [0, 0.05) is 11.7 Å². The molecule has 0 saturated heterocycles. The van der Waals surface area contributed by atoms with Crippen LogP contribution in [0.5, 0.6) is 0 Å². The molecule has 1 aromatic rings. The highest BCUT2D eigenvalue weighted by Gasteiger charge is 2.23. The molecule has 4 heteroatoms. The van der Waals surface area contributed by atoms with Crippen LogP contribution in [0.1, 0.15) is 51.5 Å². The third kappa shape index (κ3) is 4.58. The van der Waals surface area contributed by atoms with E-state index in [0.717, 1.165) is 38.0 Å². The Morgan fingerprint density at radius 3 is 2.18 bits per heavy atom. The number of carbonyl (C=O) groups is 2. The molecule has 22 heavy (non-hydrogen) atoms. The summed E-state index contributed by atoms with van der Waals surface area (Å²) in [6, 6.07) is 7.72. The minimum absolute atomic E-state index is 0.142. The molecule has 0 bridgehead atoms. The Morgan fingerprint density at radius 1 is 1.00 bits per heavy atom. The molecule has 0 aliphatic heterocycles. The summed E-state index contributed by atoms with van der Waals surface area (Å²) in [5.74, 6) is -0.333. The summed E-state index contributed by atoms with van der Waals surface area (Å²) in [6.07, 6.45) is 6.39. The van der Waals surface area contributed by atoms with Crippen LogP contribution in [0.3, 0.4) is 0 Å². The van der Waals surface area contributed by atoms with E-state index < -0.39 is 11.8 Å². The minimum atomic E-state index is -0.582. The van der Waals surface area contributed by atoms with Gasteiger partial charge in [-0.15, -0.1) is 0 Å². The first-order valence-corrected chi connectivity index (χ1v) is 8.33. The molecule has 1 fully saturated rings. The van der Waals surface area contributed by atoms with Gasteiger partial charge in [-0.1, -0.05) is 32.4 Å². The monoisotopic (exact) mass is 302 g/mol. The second kappa shape index (κ2) is 7.97. The van der Waals surface area contributed by atoms with E-state index in [9.17, 15) is 9.59 Å². The van der Waals surface area contributed by atoms with Gasteiger partial charge in [0.15, 0.2) is 0 Å². The first-order chi connectivity index (χ1) is 10.6. The van der Waals surface area contributed by atoms with E-state index in [0.29, 0.717) is 5.69 Å². The number of hydrogen-bond donors (Lipinski definition) is 2. The first-order valence-electron chi connectivity index (χ1n) is 8.33. The highest BCUT2D eigenvalue weighted by Crippen LogP contribution is 2.26. The largest absolute Gasteiger partial charge is 0.345 e. The zero-order valence-corrected chi connectivity index (χ0v) is 13.5. The number of nitrogens with one attached hydrogen (secondary N) is 2. The van der Waals surface area contributed by atoms with Crippen molar-refractivity contribution in [2.45, 2.75) is 58.4 Å². The zero-order valence-electron chi connectivity index (χ0n) is 13.5. The molecule has 1 aromatic carbocycles. The van der Waals surface area contributed by atoms with Gasteiger partial charge in [0.1, 0.15) is 0 Å². The lowest BCUT2D eigenvalue weighted by Gasteiger charge is -2.28. The van der Waals surface area contributed by atoms with E-state index in [1.54, 1.807) is 0 Å². The van der Waals surface area contributed by atoms with Crippen LogP contribution < -0.4 is 10.6 Å². The van der Waals surface area contributed by atoms with Crippen LogP contribution in [0, 0.1) is 5.92 Å². The molecule has 2 N–H and O–H groups in total. The van der Waals surface area contributed by atoms with E-state index in [1.807, 2.05) is 24.3 Å². The Kier molecular flexibility index (Phi) is 5.99. The Morgan fingerprint density at radius 2 is 1.64 bits per heavy atom. The molecule has 2 amide bonds. The van der Waals surface area contributed by atoms with Gasteiger partial charge in [0.2, 0.25) is 0 Å². The quantitative estimate of drug-likeness (QED) is 0.839. The third-order valence-electron chi connectivity index (χ3n) is 4.59. The second-order valence-electron chi connectivity index (χ2n) is 6.10. The predicted octanol–water partition coefficient (Wildman–Crippen LogP) is 3.27. The second-order valence-corrected chi connectivity index (χ2v) is 6.10. The number of hydrogen-bond acceptors (Lipinski definition) is 2. The van der Waals surface area contributed by atoms with Crippen molar-refractivity contribution in [1.29, 1.82) is 0 Å². The molecule has 0 atom stereocenters. The van der Waals surface area contributed by atoms with Gasteiger partial charge in [0.05, 0.1) is 0 Å². The maximum absolute atomic E-state index is 12.0. The summed E-state index contributed by atoms with van der Waals surface area (Å²) in [7, 11) is 0. The molecule has 0 unspecified atom stereocenters. The van der Waals surface area contributed by atoms with Crippen molar-refractivity contribution in [3.05, 3.63) is 29.8 Å². The third-order valence-corrected chi connectivity index (χ3v) is 4.59. The van der Waals surface area contributed by atoms with Gasteiger partial charge in [-0.2, -0.15) is 0 Å². The summed E-state index contributed by atoms with van der Waals surface area (Å²) < 4.78 is 0. The van der Waals surface area contributed by atoms with Gasteiger partial charge in [-0.3, -0.25) is 9.59 Å². The summed E-state index contributed by atoms with van der Waals surface area (Å²) in [5, 5.41) is 5.51. The lowest BCUT2D eigenvalue weighted by Crippen LogP contribution is -2.43. The topological polar surface area (TPSA) is 58.2 Å². The van der Waals surface area contributed by atoms with Crippen LogP contribution >= 0.6 is 0 Å². The average molecular weight is 302 g/mol. The van der Waals surface area contributed by atoms with Gasteiger partial charge in [-0.05, 0) is 55.7 Å². The predicted molar refractivity (Wildman–Crippen MR) is 88.6 cm³/mol. The van der Waals surface area contributed by atoms with Crippen molar-refractivity contribution in [3.63, 3.8) is 0 Å². The fraction of sp³-hybridized carbons (Fsp3) is 0.556. The highest BCUT2D eigenvalue weighted by atomic mass is 16.2. The van der Waals surface area contributed by atoms with Crippen LogP contribution in [0.2, 0.25) is 0 Å². The maximum Gasteiger partial charge on any atom is 0.313 e. The van der Waals surface area contributed by atoms with Gasteiger partial charge >= 0.3 is 11.8 Å². The Bertz CT molecular complexity index is 502. The SMILES string of the molecule is CCc1ccc(NC(=O)C(=O)NC2CCC(CC)CC2)cc1. The van der Waals surface area contributed by atoms with E-state index in [1.165, 1.54) is 12.0 Å². The number of aryl methyl sites for hydroxylation is 1. The van der Waals surface area contributed by atoms with Crippen molar-refractivity contribution < 1.29 is 9.59 Å². The van der Waals surface area contributed by atoms with Gasteiger partial charge < -0.3 is 10.6 Å². The molecule has 1 aliphatic rings. The molecule has 2 rings (SSSR count). The summed E-state index contributed by atoms with van der Waals surface area (Å²) in [4.78, 5) is 23.9. The summed E-state index contributed by atoms with van der Waals surface area (Å²) in [5.41, 5.74) is 1.86. The number of benzene rings is 1. The maximum atomic E-state index is 12.0. The summed E-state index contributed by atoms with van der Waals surface area (Å²) >= 11 is 0. The minimum Gasteiger partial charge on any atom is -0.345 e. The van der Waals surface area contributed by atoms with E-state index in [2.05, 4.69) is 24.5 Å². The van der Waals surface area contributed by atoms with Crippen LogP contribution in [-0.4, -0.2) is 17.9 Å². The zero-order chi connectivity index (χ0) is 15.9. The molecule has 4 nitrogen and oxygen atoms in total. The average Bonchev–Trinajstić information content (AvgIpc) is 2.56. The van der Waals surface area contributed by atoms with Gasteiger partial charge in [0.25, 0.3) is 0 Å². The van der Waals surface area contributed by atoms with Crippen LogP contribution in [0.4, 0.5) is 5.69 Å². The van der Waals surface area contributed by atoms with Crippen molar-refractivity contribution in [2.75, 3.05) is 5.32 Å². The van der Waals surface area contributed by atoms with Crippen molar-refractivity contribution in [2.24, 2.45) is 5.92 Å². The number of anilines is 1. The molecule has 1 saturated carbocycles. The first kappa shape index (κ1) is 16.5. The Hall–Kier alpha value is -1.84. The summed E-state index contributed by atoms with van der Waals surface area (Å²) in [6.45, 7) is 4.29. The standard InChI is InChI=1S/C18H26N2O2/c1-3-13-5-9-15(10-6-13)19-17(21)18(22)20-16-11-7-14(4-2)8-12-16/h5-6,9-10,14,16H,3-4,7-8,11-12H2,1-2H3,(H,19,21)(H,20,22). The molecule has 0 radical (unpaired) electrons. The number of rotatable bonds is 4. The number of carbonyl (C=O) groups excluding carboxylic acids is 2. The fourth-order valence-electron chi connectivity index (χ4n) is 2.98. The lowest BCUT2D eigenvalue weighted by molar-refractivity contribution is -0.136. The fourth-order valence-corrected chi connectivity index (χ4v) is 2.98. The molecular formula is C18H26N2O2. The van der Waals surface area contributed by atoms with Crippen molar-refractivity contribution in [3.8, 4) is 0 Å². The lowest BCUT2D eigenvalue weighted by atomic mass is 9.84. The molecule has 0 heterocycles. The van der Waals surface area contributed by atoms with Crippen molar-refractivity contribution in [1.82, 2.24) is 5.32 Å². The van der Waals surface area contributed by atoms with Crippen LogP contribution in [0.15, 0.2) is 24.3 Å². The molecule has 0 spiro atoms. The van der Waals surface area contributed by atoms with Crippen LogP contribution in [-0.2, 0) is 16.0 Å². The Balaban J connectivity index is 1.80. The highest BCUT2D eigenvalue weighted by molar-refractivity contribution is 6.39. The van der Waals surface area contributed by atoms with Crippen molar-refractivity contribution >= 4 is 17.5 Å². The molecule has 0 aromatic heterocycles. The molecular weight excluding hydrogens is 276 g/mol. The van der Waals surface area contributed by atoms with E-state index >= 15 is 0 Å². The van der Waals surface area contributed by atoms with Crippen LogP contribution in [0.25, 0.3) is 0 Å². The van der Waals surface area contributed by atoms with Gasteiger partial charge in [-0.25, -0.2) is 0 Å². The number of amides is 2. The van der Waals surface area contributed by atoms with E-state index in [4.69, 9.17) is 0 Å². The smallest absolute Gasteiger partial charge is 0.313 e.